The fraction of sp³-hybridized carbons (Fsp3) is 0.562. The summed E-state index contributed by atoms with van der Waals surface area (Å²) in [6.07, 6.45) is 1.12. The second kappa shape index (κ2) is 9.05. The summed E-state index contributed by atoms with van der Waals surface area (Å²) in [5.41, 5.74) is 1.19. The molecule has 0 unspecified atom stereocenters. The highest BCUT2D eigenvalue weighted by Gasteiger charge is 2.13. The first-order chi connectivity index (χ1) is 9.95. The number of nitrogens with zero attached hydrogens (tertiary/aromatic N) is 1. The molecule has 0 heterocycles. The molecule has 4 nitrogen and oxygen atoms in total. The van der Waals surface area contributed by atoms with Gasteiger partial charge in [-0.2, -0.15) is 0 Å². The predicted molar refractivity (Wildman–Crippen MR) is 89.5 cm³/mol. The molecule has 0 fully saturated rings. The Balaban J connectivity index is 2.54. The van der Waals surface area contributed by atoms with Crippen LogP contribution in [0.1, 0.15) is 32.8 Å². The minimum absolute atomic E-state index is 0.0226. The fourth-order valence-corrected chi connectivity index (χ4v) is 2.25. The van der Waals surface area contributed by atoms with Crippen LogP contribution in [0.15, 0.2) is 22.7 Å². The minimum atomic E-state index is -0.0226. The highest BCUT2D eigenvalue weighted by Crippen LogP contribution is 2.26. The summed E-state index contributed by atoms with van der Waals surface area (Å²) in [5, 5.41) is 3.35. The first-order valence-corrected chi connectivity index (χ1v) is 8.12. The van der Waals surface area contributed by atoms with Crippen LogP contribution in [0.4, 0.5) is 0 Å². The topological polar surface area (TPSA) is 41.6 Å². The summed E-state index contributed by atoms with van der Waals surface area (Å²) in [6.45, 7) is 8.00. The van der Waals surface area contributed by atoms with Crippen molar-refractivity contribution in [2.45, 2.75) is 39.8 Å². The number of halogens is 1. The molecule has 0 atom stereocenters. The van der Waals surface area contributed by atoms with Crippen LogP contribution in [-0.2, 0) is 11.3 Å². The van der Waals surface area contributed by atoms with Crippen molar-refractivity contribution in [2.75, 3.05) is 20.2 Å². The number of benzene rings is 1. The van der Waals surface area contributed by atoms with Crippen LogP contribution in [-0.4, -0.2) is 37.0 Å². The summed E-state index contributed by atoms with van der Waals surface area (Å²) >= 11 is 3.49. The van der Waals surface area contributed by atoms with Crippen molar-refractivity contribution >= 4 is 21.8 Å². The Morgan fingerprint density at radius 2 is 2.14 bits per heavy atom. The van der Waals surface area contributed by atoms with Gasteiger partial charge in [-0.25, -0.2) is 0 Å². The molecule has 0 radical (unpaired) electrons. The Bertz CT molecular complexity index is 464. The summed E-state index contributed by atoms with van der Waals surface area (Å²) in [6, 6.07) is 6.11. The second-order valence-electron chi connectivity index (χ2n) is 5.33. The second-order valence-corrected chi connectivity index (χ2v) is 6.18. The van der Waals surface area contributed by atoms with E-state index in [0.717, 1.165) is 24.0 Å². The third-order valence-electron chi connectivity index (χ3n) is 3.27. The zero-order chi connectivity index (χ0) is 15.8. The van der Waals surface area contributed by atoms with Gasteiger partial charge in [0.2, 0.25) is 0 Å². The minimum Gasteiger partial charge on any atom is -0.483 e. The molecule has 118 valence electrons. The molecule has 0 spiro atoms. The van der Waals surface area contributed by atoms with Gasteiger partial charge >= 0.3 is 0 Å². The lowest BCUT2D eigenvalue weighted by atomic mass is 10.2. The lowest BCUT2D eigenvalue weighted by Crippen LogP contribution is -2.36. The standard InChI is InChI=1S/C16H25BrN2O2/c1-5-8-18-10-13-6-7-15(14(17)9-13)21-11-16(20)19(4)12(2)3/h6-7,9,12,18H,5,8,10-11H2,1-4H3. The van der Waals surface area contributed by atoms with Gasteiger partial charge in [0.15, 0.2) is 6.61 Å². The maximum atomic E-state index is 11.9. The zero-order valence-electron chi connectivity index (χ0n) is 13.3. The Morgan fingerprint density at radius 1 is 1.43 bits per heavy atom. The monoisotopic (exact) mass is 356 g/mol. The van der Waals surface area contributed by atoms with Crippen molar-refractivity contribution in [3.63, 3.8) is 0 Å². The van der Waals surface area contributed by atoms with Gasteiger partial charge in [-0.15, -0.1) is 0 Å². The van der Waals surface area contributed by atoms with Crippen LogP contribution < -0.4 is 10.1 Å². The van der Waals surface area contributed by atoms with Crippen molar-refractivity contribution in [2.24, 2.45) is 0 Å². The van der Waals surface area contributed by atoms with Crippen molar-refractivity contribution in [3.05, 3.63) is 28.2 Å². The summed E-state index contributed by atoms with van der Waals surface area (Å²) in [4.78, 5) is 13.6. The highest BCUT2D eigenvalue weighted by molar-refractivity contribution is 9.10. The maximum Gasteiger partial charge on any atom is 0.260 e. The molecular formula is C16H25BrN2O2. The van der Waals surface area contributed by atoms with Gasteiger partial charge in [0, 0.05) is 19.6 Å². The smallest absolute Gasteiger partial charge is 0.260 e. The number of likely N-dealkylation sites (N-methyl/N-ethyl adjacent to an activating group) is 1. The first-order valence-electron chi connectivity index (χ1n) is 7.33. The Hall–Kier alpha value is -1.07. The van der Waals surface area contributed by atoms with Gasteiger partial charge in [0.25, 0.3) is 5.91 Å². The molecule has 1 N–H and O–H groups in total. The maximum absolute atomic E-state index is 11.9. The molecule has 0 bridgehead atoms. The molecule has 1 rings (SSSR count). The molecule has 1 aromatic rings. The van der Waals surface area contributed by atoms with Crippen LogP contribution in [0, 0.1) is 0 Å². The van der Waals surface area contributed by atoms with E-state index in [1.165, 1.54) is 5.56 Å². The summed E-state index contributed by atoms with van der Waals surface area (Å²) in [7, 11) is 1.79. The number of ether oxygens (including phenoxy) is 1. The molecular weight excluding hydrogens is 332 g/mol. The van der Waals surface area contributed by atoms with E-state index in [1.54, 1.807) is 11.9 Å². The van der Waals surface area contributed by atoms with E-state index in [1.807, 2.05) is 32.0 Å². The van der Waals surface area contributed by atoms with E-state index < -0.39 is 0 Å². The molecule has 5 heteroatoms. The van der Waals surface area contributed by atoms with E-state index in [4.69, 9.17) is 4.74 Å². The van der Waals surface area contributed by atoms with E-state index in [0.29, 0.717) is 5.75 Å². The third-order valence-corrected chi connectivity index (χ3v) is 3.89. The predicted octanol–water partition coefficient (Wildman–Crippen LogP) is 3.19. The van der Waals surface area contributed by atoms with Crippen LogP contribution in [0.5, 0.6) is 5.75 Å². The van der Waals surface area contributed by atoms with Crippen molar-refractivity contribution in [1.82, 2.24) is 10.2 Å². The zero-order valence-corrected chi connectivity index (χ0v) is 14.9. The third kappa shape index (κ3) is 6.06. The number of hydrogen-bond donors (Lipinski definition) is 1. The van der Waals surface area contributed by atoms with Crippen molar-refractivity contribution in [3.8, 4) is 5.75 Å². The number of hydrogen-bond acceptors (Lipinski definition) is 3. The Kier molecular flexibility index (Phi) is 7.75. The van der Waals surface area contributed by atoms with E-state index >= 15 is 0 Å². The van der Waals surface area contributed by atoms with Crippen molar-refractivity contribution < 1.29 is 9.53 Å². The number of carbonyl (C=O) groups excluding carboxylic acids is 1. The molecule has 0 saturated carbocycles. The van der Waals surface area contributed by atoms with Crippen LogP contribution >= 0.6 is 15.9 Å². The van der Waals surface area contributed by atoms with Gasteiger partial charge in [-0.3, -0.25) is 4.79 Å². The Labute approximate surface area is 136 Å². The van der Waals surface area contributed by atoms with Gasteiger partial charge in [0.05, 0.1) is 4.47 Å². The number of carbonyl (C=O) groups is 1. The molecule has 0 aliphatic heterocycles. The first kappa shape index (κ1) is 18.0. The van der Waals surface area contributed by atoms with Crippen LogP contribution in [0.25, 0.3) is 0 Å². The molecule has 0 aliphatic carbocycles. The molecule has 21 heavy (non-hydrogen) atoms. The van der Waals surface area contributed by atoms with Gasteiger partial charge in [-0.1, -0.05) is 13.0 Å². The fourth-order valence-electron chi connectivity index (χ4n) is 1.71. The number of rotatable bonds is 8. The number of amides is 1. The van der Waals surface area contributed by atoms with E-state index in [-0.39, 0.29) is 18.6 Å². The average Bonchev–Trinajstić information content (AvgIpc) is 2.45. The van der Waals surface area contributed by atoms with Crippen molar-refractivity contribution in [1.29, 1.82) is 0 Å². The molecule has 1 aromatic carbocycles. The van der Waals surface area contributed by atoms with Gasteiger partial charge in [-0.05, 0) is 60.4 Å². The van der Waals surface area contributed by atoms with Crippen LogP contribution in [0.3, 0.4) is 0 Å². The van der Waals surface area contributed by atoms with Crippen LogP contribution in [0.2, 0.25) is 0 Å². The number of nitrogens with one attached hydrogen (secondary N) is 1. The lowest BCUT2D eigenvalue weighted by molar-refractivity contribution is -0.133. The molecule has 0 aliphatic rings. The lowest BCUT2D eigenvalue weighted by Gasteiger charge is -2.21. The van der Waals surface area contributed by atoms with E-state index in [9.17, 15) is 4.79 Å². The van der Waals surface area contributed by atoms with E-state index in [2.05, 4.69) is 28.2 Å². The summed E-state index contributed by atoms with van der Waals surface area (Å²) in [5.74, 6) is 0.672. The average molecular weight is 357 g/mol. The molecule has 0 aromatic heterocycles. The van der Waals surface area contributed by atoms with Gasteiger partial charge < -0.3 is 15.0 Å². The molecule has 0 saturated heterocycles. The van der Waals surface area contributed by atoms with Gasteiger partial charge in [0.1, 0.15) is 5.75 Å². The highest BCUT2D eigenvalue weighted by atomic mass is 79.9. The quantitative estimate of drug-likeness (QED) is 0.727. The Morgan fingerprint density at radius 3 is 2.71 bits per heavy atom. The molecule has 1 amide bonds. The largest absolute Gasteiger partial charge is 0.483 e. The summed E-state index contributed by atoms with van der Waals surface area (Å²) < 4.78 is 6.47. The SMILES string of the molecule is CCCNCc1ccc(OCC(=O)N(C)C(C)C)c(Br)c1. The normalized spacial score (nSPS) is 10.8.